The molecule has 206 valence electrons. The highest BCUT2D eigenvalue weighted by Crippen LogP contribution is 2.36. The van der Waals surface area contributed by atoms with Crippen molar-refractivity contribution in [2.45, 2.75) is 57.0 Å². The monoisotopic (exact) mass is 550 g/mol. The third kappa shape index (κ3) is 5.80. The van der Waals surface area contributed by atoms with Crippen molar-refractivity contribution in [2.24, 2.45) is 5.92 Å². The molecule has 0 radical (unpaired) electrons. The highest BCUT2D eigenvalue weighted by Gasteiger charge is 2.41. The van der Waals surface area contributed by atoms with Crippen molar-refractivity contribution in [2.75, 3.05) is 48.8 Å². The van der Waals surface area contributed by atoms with Crippen molar-refractivity contribution in [1.29, 1.82) is 0 Å². The Balaban J connectivity index is 1.18. The van der Waals surface area contributed by atoms with Crippen LogP contribution in [0.5, 0.6) is 0 Å². The SMILES string of the molecule is CCN1C[C@@H]2CC[C@H]1C[C@@H]2OC(=O)Nc1ccnc(N2CC[C@@H](F)[C@@H](N(C)C(=O)Nc3ncc(F)s3)C2)n1. The minimum atomic E-state index is -1.26. The maximum atomic E-state index is 14.8. The van der Waals surface area contributed by atoms with Gasteiger partial charge in [-0.15, -0.1) is 0 Å². The van der Waals surface area contributed by atoms with Gasteiger partial charge in [0.1, 0.15) is 18.1 Å². The number of hydrogen-bond acceptors (Lipinski definition) is 9. The maximum absolute atomic E-state index is 14.8. The predicted molar refractivity (Wildman–Crippen MR) is 139 cm³/mol. The first-order valence-electron chi connectivity index (χ1n) is 12.9. The number of thiazole rings is 1. The summed E-state index contributed by atoms with van der Waals surface area (Å²) < 4.78 is 33.8. The zero-order valence-corrected chi connectivity index (χ0v) is 22.2. The molecule has 0 unspecified atom stereocenters. The van der Waals surface area contributed by atoms with Gasteiger partial charge in [-0.05, 0) is 31.9 Å². The number of nitrogens with one attached hydrogen (secondary N) is 2. The first-order chi connectivity index (χ1) is 18.3. The van der Waals surface area contributed by atoms with E-state index in [-0.39, 0.29) is 30.0 Å². The van der Waals surface area contributed by atoms with Crippen molar-refractivity contribution >= 4 is 40.4 Å². The zero-order chi connectivity index (χ0) is 26.8. The molecule has 6 rings (SSSR count). The van der Waals surface area contributed by atoms with E-state index in [1.54, 1.807) is 11.0 Å². The van der Waals surface area contributed by atoms with Gasteiger partial charge >= 0.3 is 12.1 Å². The Morgan fingerprint density at radius 2 is 2.08 bits per heavy atom. The Kier molecular flexibility index (Phi) is 7.88. The fraction of sp³-hybridized carbons (Fsp3) is 0.625. The van der Waals surface area contributed by atoms with Gasteiger partial charge in [-0.3, -0.25) is 10.6 Å². The topological polar surface area (TPSA) is 116 Å². The van der Waals surface area contributed by atoms with Crippen LogP contribution in [0.25, 0.3) is 0 Å². The molecule has 2 aromatic rings. The number of piperidine rings is 3. The summed E-state index contributed by atoms with van der Waals surface area (Å²) in [5.74, 6) is 0.937. The fourth-order valence-corrected chi connectivity index (χ4v) is 6.16. The van der Waals surface area contributed by atoms with Crippen molar-refractivity contribution in [1.82, 2.24) is 24.8 Å². The summed E-state index contributed by atoms with van der Waals surface area (Å²) in [4.78, 5) is 43.2. The van der Waals surface area contributed by atoms with E-state index < -0.39 is 29.5 Å². The van der Waals surface area contributed by atoms with Crippen molar-refractivity contribution < 1.29 is 23.1 Å². The number of ether oxygens (including phenoxy) is 1. The zero-order valence-electron chi connectivity index (χ0n) is 21.3. The van der Waals surface area contributed by atoms with Crippen molar-refractivity contribution in [3.63, 3.8) is 0 Å². The number of amides is 3. The summed E-state index contributed by atoms with van der Waals surface area (Å²) in [6, 6.07) is 0.653. The van der Waals surface area contributed by atoms with Gasteiger partial charge < -0.3 is 19.4 Å². The van der Waals surface area contributed by atoms with Crippen LogP contribution >= 0.6 is 11.3 Å². The van der Waals surface area contributed by atoms with E-state index in [4.69, 9.17) is 4.74 Å². The average Bonchev–Trinajstić information content (AvgIpc) is 3.33. The third-order valence-electron chi connectivity index (χ3n) is 7.72. The second-order valence-electron chi connectivity index (χ2n) is 9.95. The van der Waals surface area contributed by atoms with Crippen LogP contribution in [0.1, 0.15) is 32.6 Å². The normalized spacial score (nSPS) is 27.2. The van der Waals surface area contributed by atoms with E-state index in [0.29, 0.717) is 35.8 Å². The molecule has 3 aliphatic heterocycles. The predicted octanol–water partition coefficient (Wildman–Crippen LogP) is 3.57. The molecule has 11 nitrogen and oxygen atoms in total. The van der Waals surface area contributed by atoms with Crippen LogP contribution < -0.4 is 15.5 Å². The van der Waals surface area contributed by atoms with E-state index >= 15 is 0 Å². The van der Waals surface area contributed by atoms with Crippen LogP contribution in [-0.4, -0.2) is 94.5 Å². The van der Waals surface area contributed by atoms with Crippen LogP contribution in [0.15, 0.2) is 18.5 Å². The molecule has 0 spiro atoms. The smallest absolute Gasteiger partial charge is 0.413 e. The Bertz CT molecular complexity index is 1160. The van der Waals surface area contributed by atoms with Crippen LogP contribution in [0.3, 0.4) is 0 Å². The molecule has 4 aliphatic rings. The molecule has 0 aromatic carbocycles. The Morgan fingerprint density at radius 1 is 1.24 bits per heavy atom. The number of hydrogen-bond donors (Lipinski definition) is 2. The number of fused-ring (bicyclic) bond motifs is 3. The summed E-state index contributed by atoms with van der Waals surface area (Å²) in [5, 5.41) is 4.76. The number of halogens is 2. The van der Waals surface area contributed by atoms with E-state index in [1.165, 1.54) is 18.1 Å². The van der Waals surface area contributed by atoms with Crippen LogP contribution in [-0.2, 0) is 4.74 Å². The summed E-state index contributed by atoms with van der Waals surface area (Å²) in [6.07, 6.45) is 3.82. The number of carbonyl (C=O) groups is 2. The van der Waals surface area contributed by atoms with Gasteiger partial charge in [0.25, 0.3) is 0 Å². The van der Waals surface area contributed by atoms with Gasteiger partial charge in [0.15, 0.2) is 10.3 Å². The van der Waals surface area contributed by atoms with Crippen LogP contribution in [0, 0.1) is 11.0 Å². The van der Waals surface area contributed by atoms with E-state index in [0.717, 1.165) is 38.5 Å². The van der Waals surface area contributed by atoms with E-state index in [9.17, 15) is 18.4 Å². The summed E-state index contributed by atoms with van der Waals surface area (Å²) in [6.45, 7) is 4.61. The molecule has 3 amide bonds. The minimum Gasteiger partial charge on any atom is -0.446 e. The standard InChI is InChI=1S/C24H32F2N8O3S/c1-3-33-12-14-4-5-15(33)10-18(14)37-24(36)30-20-6-8-27-21(29-20)34-9-7-16(25)17(13-34)32(2)23(35)31-22-28-11-19(26)38-22/h6,8,11,14-18H,3-5,7,9-10,12-13H2,1-2H3,(H,28,31,35)(H,27,29,30,36)/t14-,15-,16+,17-,18-/m0/s1. The molecule has 1 aliphatic carbocycles. The van der Waals surface area contributed by atoms with Gasteiger partial charge in [-0.2, -0.15) is 9.37 Å². The number of aromatic nitrogens is 3. The third-order valence-corrected chi connectivity index (χ3v) is 8.42. The minimum absolute atomic E-state index is 0.0974. The van der Waals surface area contributed by atoms with Crippen molar-refractivity contribution in [3.05, 3.63) is 23.6 Å². The number of alkyl halides is 1. The lowest BCUT2D eigenvalue weighted by Crippen LogP contribution is -2.55. The molecule has 5 atom stereocenters. The largest absolute Gasteiger partial charge is 0.446 e. The number of anilines is 3. The highest BCUT2D eigenvalue weighted by atomic mass is 32.1. The highest BCUT2D eigenvalue weighted by molar-refractivity contribution is 7.14. The number of urea groups is 1. The number of likely N-dealkylation sites (N-methyl/N-ethyl adjacent to an activating group) is 1. The lowest BCUT2D eigenvalue weighted by atomic mass is 9.77. The Hall–Kier alpha value is -3.13. The van der Waals surface area contributed by atoms with Crippen LogP contribution in [0.2, 0.25) is 0 Å². The van der Waals surface area contributed by atoms with Gasteiger partial charge in [0.2, 0.25) is 5.95 Å². The molecule has 14 heteroatoms. The molecule has 5 heterocycles. The first kappa shape index (κ1) is 26.5. The average molecular weight is 551 g/mol. The van der Waals surface area contributed by atoms with Crippen LogP contribution in [0.4, 0.5) is 35.3 Å². The number of rotatable bonds is 6. The molecule has 2 N–H and O–H groups in total. The lowest BCUT2D eigenvalue weighted by Gasteiger charge is -2.48. The van der Waals surface area contributed by atoms with E-state index in [2.05, 4.69) is 37.4 Å². The molecule has 38 heavy (non-hydrogen) atoms. The molecular formula is C24H32F2N8O3S. The second kappa shape index (κ2) is 11.3. The van der Waals surface area contributed by atoms with Gasteiger partial charge in [0.05, 0.1) is 12.2 Å². The first-order valence-corrected chi connectivity index (χ1v) is 13.7. The number of carbonyl (C=O) groups excluding carboxylic acids is 2. The lowest BCUT2D eigenvalue weighted by molar-refractivity contribution is -0.0505. The molecular weight excluding hydrogens is 518 g/mol. The summed E-state index contributed by atoms with van der Waals surface area (Å²) in [5.41, 5.74) is 0. The fourth-order valence-electron chi connectivity index (χ4n) is 5.63. The van der Waals surface area contributed by atoms with Crippen molar-refractivity contribution in [3.8, 4) is 0 Å². The maximum Gasteiger partial charge on any atom is 0.413 e. The van der Waals surface area contributed by atoms with Gasteiger partial charge in [-0.25, -0.2) is 23.9 Å². The second-order valence-corrected chi connectivity index (χ2v) is 10.9. The summed E-state index contributed by atoms with van der Waals surface area (Å²) in [7, 11) is 1.48. The molecule has 2 bridgehead atoms. The Labute approximate surface area is 223 Å². The number of nitrogens with zero attached hydrogens (tertiary/aromatic N) is 6. The Morgan fingerprint density at radius 3 is 2.79 bits per heavy atom. The molecule has 2 aromatic heterocycles. The van der Waals surface area contributed by atoms with Gasteiger partial charge in [0, 0.05) is 51.3 Å². The summed E-state index contributed by atoms with van der Waals surface area (Å²) >= 11 is 0.693. The van der Waals surface area contributed by atoms with Gasteiger partial charge in [-0.1, -0.05) is 18.3 Å². The quantitative estimate of drug-likeness (QED) is 0.561. The van der Waals surface area contributed by atoms with E-state index in [1.807, 2.05) is 0 Å². The molecule has 1 saturated carbocycles. The molecule has 4 fully saturated rings. The molecule has 3 saturated heterocycles.